The van der Waals surface area contributed by atoms with Gasteiger partial charge in [-0.2, -0.15) is 18.3 Å². The topological polar surface area (TPSA) is 54.2 Å². The van der Waals surface area contributed by atoms with E-state index >= 15 is 0 Å². The summed E-state index contributed by atoms with van der Waals surface area (Å²) in [6.07, 6.45) is -3.68. The number of aliphatic hydroxyl groups is 1. The monoisotopic (exact) mass is 332 g/mol. The van der Waals surface area contributed by atoms with Gasteiger partial charge in [-0.15, -0.1) is 0 Å². The molecule has 0 saturated heterocycles. The summed E-state index contributed by atoms with van der Waals surface area (Å²) >= 11 is 5.96. The van der Waals surface area contributed by atoms with E-state index in [0.29, 0.717) is 31.1 Å². The number of fused-ring (bicyclic) bond motifs is 1. The lowest BCUT2D eigenvalue weighted by atomic mass is 10.2. The van der Waals surface area contributed by atoms with Crippen molar-refractivity contribution in [3.05, 3.63) is 40.3 Å². The molecule has 0 spiro atoms. The van der Waals surface area contributed by atoms with Gasteiger partial charge in [0.15, 0.2) is 0 Å². The SMILES string of the molecule is OCc1cc2n(n1)CCN(c1ncc(C(F)(F)F)cc1Cl)C2. The highest BCUT2D eigenvalue weighted by Crippen LogP contribution is 2.34. The normalized spacial score (nSPS) is 15.0. The van der Waals surface area contributed by atoms with Gasteiger partial charge >= 0.3 is 6.18 Å². The predicted octanol–water partition coefficient (Wildman–Crippen LogP) is 2.46. The molecular formula is C13H12ClF3N4O. The third-order valence-electron chi connectivity index (χ3n) is 3.46. The lowest BCUT2D eigenvalue weighted by molar-refractivity contribution is -0.137. The molecule has 0 amide bonds. The second-order valence-electron chi connectivity index (χ2n) is 4.96. The Hall–Kier alpha value is -1.80. The fourth-order valence-corrected chi connectivity index (χ4v) is 2.69. The van der Waals surface area contributed by atoms with Crippen molar-refractivity contribution in [2.45, 2.75) is 25.9 Å². The molecule has 2 aromatic heterocycles. The smallest absolute Gasteiger partial charge is 0.390 e. The molecule has 1 aliphatic rings. The zero-order valence-corrected chi connectivity index (χ0v) is 12.1. The number of pyridine rings is 1. The molecule has 22 heavy (non-hydrogen) atoms. The van der Waals surface area contributed by atoms with Gasteiger partial charge in [0.2, 0.25) is 0 Å². The first-order valence-electron chi connectivity index (χ1n) is 6.52. The van der Waals surface area contributed by atoms with Gasteiger partial charge in [-0.3, -0.25) is 4.68 Å². The summed E-state index contributed by atoms with van der Waals surface area (Å²) in [5.74, 6) is 0.313. The van der Waals surface area contributed by atoms with E-state index in [0.717, 1.165) is 18.0 Å². The second kappa shape index (κ2) is 5.44. The summed E-state index contributed by atoms with van der Waals surface area (Å²) in [4.78, 5) is 5.66. The van der Waals surface area contributed by atoms with Gasteiger partial charge in [-0.1, -0.05) is 11.6 Å². The van der Waals surface area contributed by atoms with E-state index < -0.39 is 11.7 Å². The maximum absolute atomic E-state index is 12.6. The molecule has 9 heteroatoms. The van der Waals surface area contributed by atoms with E-state index in [-0.39, 0.29) is 11.6 Å². The Labute approximate surface area is 128 Å². The van der Waals surface area contributed by atoms with E-state index in [2.05, 4.69) is 10.1 Å². The molecule has 3 heterocycles. The molecule has 0 bridgehead atoms. The number of halogens is 4. The molecule has 0 fully saturated rings. The van der Waals surface area contributed by atoms with Crippen molar-refractivity contribution in [3.8, 4) is 0 Å². The first-order chi connectivity index (χ1) is 10.4. The Morgan fingerprint density at radius 2 is 2.05 bits per heavy atom. The third kappa shape index (κ3) is 2.76. The Kier molecular flexibility index (Phi) is 3.73. The van der Waals surface area contributed by atoms with E-state index in [1.165, 1.54) is 0 Å². The number of aliphatic hydroxyl groups excluding tert-OH is 1. The molecule has 0 aromatic carbocycles. The molecule has 0 saturated carbocycles. The molecule has 3 rings (SSSR count). The van der Waals surface area contributed by atoms with Crippen LogP contribution >= 0.6 is 11.6 Å². The summed E-state index contributed by atoms with van der Waals surface area (Å²) in [6, 6.07) is 2.64. The number of rotatable bonds is 2. The fourth-order valence-electron chi connectivity index (χ4n) is 2.40. The second-order valence-corrected chi connectivity index (χ2v) is 5.36. The number of hydrogen-bond acceptors (Lipinski definition) is 4. The first kappa shape index (κ1) is 15.1. The fraction of sp³-hybridized carbons (Fsp3) is 0.385. The highest BCUT2D eigenvalue weighted by molar-refractivity contribution is 6.33. The average molecular weight is 333 g/mol. The summed E-state index contributed by atoms with van der Waals surface area (Å²) in [5, 5.41) is 13.3. The van der Waals surface area contributed by atoms with Crippen LogP contribution in [0.1, 0.15) is 17.0 Å². The number of nitrogens with zero attached hydrogens (tertiary/aromatic N) is 4. The van der Waals surface area contributed by atoms with Crippen LogP contribution in [0.2, 0.25) is 5.02 Å². The molecule has 118 valence electrons. The van der Waals surface area contributed by atoms with E-state index in [4.69, 9.17) is 16.7 Å². The van der Waals surface area contributed by atoms with Crippen molar-refractivity contribution < 1.29 is 18.3 Å². The quantitative estimate of drug-likeness (QED) is 0.918. The average Bonchev–Trinajstić information content (AvgIpc) is 2.88. The number of anilines is 1. The highest BCUT2D eigenvalue weighted by Gasteiger charge is 2.32. The third-order valence-corrected chi connectivity index (χ3v) is 3.74. The Balaban J connectivity index is 1.86. The minimum absolute atomic E-state index is 0.0369. The van der Waals surface area contributed by atoms with Gasteiger partial charge in [0.1, 0.15) is 5.82 Å². The number of hydrogen-bond donors (Lipinski definition) is 1. The number of alkyl halides is 3. The minimum atomic E-state index is -4.47. The van der Waals surface area contributed by atoms with Crippen LogP contribution in [0.3, 0.4) is 0 Å². The maximum atomic E-state index is 12.6. The van der Waals surface area contributed by atoms with Gasteiger partial charge in [0, 0.05) is 12.7 Å². The highest BCUT2D eigenvalue weighted by atomic mass is 35.5. The van der Waals surface area contributed by atoms with Crippen LogP contribution in [0.5, 0.6) is 0 Å². The zero-order chi connectivity index (χ0) is 15.9. The van der Waals surface area contributed by atoms with Crippen molar-refractivity contribution in [1.82, 2.24) is 14.8 Å². The molecule has 2 aromatic rings. The van der Waals surface area contributed by atoms with Gasteiger partial charge in [0.05, 0.1) is 41.7 Å². The summed E-state index contributed by atoms with van der Waals surface area (Å²) in [7, 11) is 0. The van der Waals surface area contributed by atoms with E-state index in [1.807, 2.05) is 0 Å². The Morgan fingerprint density at radius 1 is 1.27 bits per heavy atom. The molecule has 1 aliphatic heterocycles. The molecule has 0 atom stereocenters. The molecule has 5 nitrogen and oxygen atoms in total. The van der Waals surface area contributed by atoms with Gasteiger partial charge in [-0.05, 0) is 12.1 Å². The summed E-state index contributed by atoms with van der Waals surface area (Å²) in [5.41, 5.74) is 0.544. The van der Waals surface area contributed by atoms with Crippen molar-refractivity contribution >= 4 is 17.4 Å². The van der Waals surface area contributed by atoms with Gasteiger partial charge in [0.25, 0.3) is 0 Å². The molecule has 1 N–H and O–H groups in total. The summed E-state index contributed by atoms with van der Waals surface area (Å²) < 4.78 is 39.7. The number of aromatic nitrogens is 3. The van der Waals surface area contributed by atoms with Crippen molar-refractivity contribution in [2.75, 3.05) is 11.4 Å². The molecule has 0 unspecified atom stereocenters. The molecule has 0 aliphatic carbocycles. The molecular weight excluding hydrogens is 321 g/mol. The lowest BCUT2D eigenvalue weighted by Crippen LogP contribution is -2.34. The lowest BCUT2D eigenvalue weighted by Gasteiger charge is -2.29. The van der Waals surface area contributed by atoms with Crippen LogP contribution in [0, 0.1) is 0 Å². The predicted molar refractivity (Wildman–Crippen MR) is 73.4 cm³/mol. The largest absolute Gasteiger partial charge is 0.417 e. The van der Waals surface area contributed by atoms with Crippen molar-refractivity contribution in [2.24, 2.45) is 0 Å². The minimum Gasteiger partial charge on any atom is -0.390 e. The standard InChI is InChI=1S/C13H12ClF3N4O/c14-11-3-8(13(15,16)17)5-18-12(11)20-1-2-21-10(6-20)4-9(7-22)19-21/h3-5,22H,1-2,6-7H2. The van der Waals surface area contributed by atoms with Crippen LogP contribution in [0.15, 0.2) is 18.3 Å². The van der Waals surface area contributed by atoms with Crippen molar-refractivity contribution in [1.29, 1.82) is 0 Å². The van der Waals surface area contributed by atoms with Gasteiger partial charge < -0.3 is 10.0 Å². The van der Waals surface area contributed by atoms with E-state index in [1.54, 1.807) is 15.6 Å². The molecule has 0 radical (unpaired) electrons. The van der Waals surface area contributed by atoms with Crippen LogP contribution in [0.25, 0.3) is 0 Å². The Bertz CT molecular complexity index is 701. The summed E-state index contributed by atoms with van der Waals surface area (Å²) in [6.45, 7) is 1.34. The van der Waals surface area contributed by atoms with Crippen LogP contribution in [0.4, 0.5) is 19.0 Å². The maximum Gasteiger partial charge on any atom is 0.417 e. The first-order valence-corrected chi connectivity index (χ1v) is 6.90. The van der Waals surface area contributed by atoms with Crippen LogP contribution in [-0.2, 0) is 25.9 Å². The Morgan fingerprint density at radius 3 is 2.68 bits per heavy atom. The zero-order valence-electron chi connectivity index (χ0n) is 11.3. The van der Waals surface area contributed by atoms with Crippen molar-refractivity contribution in [3.63, 3.8) is 0 Å². The van der Waals surface area contributed by atoms with Crippen LogP contribution in [-0.4, -0.2) is 26.4 Å². The van der Waals surface area contributed by atoms with E-state index in [9.17, 15) is 13.2 Å². The van der Waals surface area contributed by atoms with Gasteiger partial charge in [-0.25, -0.2) is 4.98 Å². The van der Waals surface area contributed by atoms with Crippen LogP contribution < -0.4 is 4.90 Å².